The number of benzene rings is 2. The molecule has 0 saturated carbocycles. The van der Waals surface area contributed by atoms with Crippen molar-refractivity contribution in [3.05, 3.63) is 47.5 Å². The second kappa shape index (κ2) is 29.7. The number of aromatic hydroxyl groups is 2. The number of nitrogens with zero attached hydrogens (tertiary/aromatic N) is 2. The van der Waals surface area contributed by atoms with E-state index in [4.69, 9.17) is 0 Å². The first-order chi connectivity index (χ1) is 33.3. The Balaban J connectivity index is 1.66. The van der Waals surface area contributed by atoms with Crippen molar-refractivity contribution in [1.29, 1.82) is 0 Å². The Bertz CT molecular complexity index is 2100. The average molecular weight is 981 g/mol. The summed E-state index contributed by atoms with van der Waals surface area (Å²) in [5, 5.41) is 56.8. The summed E-state index contributed by atoms with van der Waals surface area (Å²) < 4.78 is 0. The molecule has 1 unspecified atom stereocenters. The number of likely N-dealkylation sites (N-methyl/N-ethyl adjacent to an activating group) is 3. The van der Waals surface area contributed by atoms with E-state index in [9.17, 15) is 58.8 Å². The van der Waals surface area contributed by atoms with Crippen LogP contribution in [-0.2, 0) is 44.8 Å². The van der Waals surface area contributed by atoms with E-state index < -0.39 is 97.4 Å². The molecular weight excluding hydrogens is 905 g/mol. The average Bonchev–Trinajstić information content (AvgIpc) is 3.33. The molecule has 0 aromatic heterocycles. The van der Waals surface area contributed by atoms with Gasteiger partial charge in [-0.05, 0) is 55.7 Å². The summed E-state index contributed by atoms with van der Waals surface area (Å²) in [6, 6.07) is 1.63. The van der Waals surface area contributed by atoms with Crippen LogP contribution in [0.4, 0.5) is 0 Å². The van der Waals surface area contributed by atoms with Gasteiger partial charge in [0.15, 0.2) is 0 Å². The second-order valence-electron chi connectivity index (χ2n) is 18.0. The van der Waals surface area contributed by atoms with Crippen LogP contribution in [0.5, 0.6) is 11.5 Å². The van der Waals surface area contributed by atoms with Crippen LogP contribution in [0, 0.1) is 0 Å². The van der Waals surface area contributed by atoms with E-state index in [1.54, 1.807) is 0 Å². The lowest BCUT2D eigenvalue weighted by Gasteiger charge is -2.30. The SMILES string of the molecule is CCCCCCCCCCCCCCCC(=O)N(C)[C@H](CO)C(=O)N[C@H](C)C(=O)NCC(=O)N(C)[C@@H]1C(=O)N[C@@H](C)C(=O)N[C@H](C(=O)NCC(O)C(=O)NC)Cc2ccc(O)c(c2)-c2cc1ccc2O. The molecule has 1 aliphatic rings. The van der Waals surface area contributed by atoms with Crippen LogP contribution in [0.3, 0.4) is 0 Å². The van der Waals surface area contributed by atoms with Gasteiger partial charge in [-0.25, -0.2) is 0 Å². The fourth-order valence-electron chi connectivity index (χ4n) is 8.08. The number of hydrogen-bond donors (Lipinski definition) is 10. The second-order valence-corrected chi connectivity index (χ2v) is 18.0. The van der Waals surface area contributed by atoms with Crippen LogP contribution in [-0.4, -0.2) is 149 Å². The Kier molecular flexibility index (Phi) is 24.6. The van der Waals surface area contributed by atoms with Crippen molar-refractivity contribution in [2.75, 3.05) is 40.8 Å². The molecule has 8 amide bonds. The fraction of sp³-hybridized carbons (Fsp3) is 0.600. The number of fused-ring (bicyclic) bond motifs is 5. The smallest absolute Gasteiger partial charge is 0.250 e. The highest BCUT2D eigenvalue weighted by Crippen LogP contribution is 2.38. The van der Waals surface area contributed by atoms with Gasteiger partial charge in [0.2, 0.25) is 47.3 Å². The number of carbonyl (C=O) groups excluding carboxylic acids is 8. The Labute approximate surface area is 411 Å². The standard InChI is InChI=1S/C50H76N8O12/c1-7-8-9-10-11-12-13-14-15-16-17-18-19-20-42(63)57(5)38(30-59)48(68)54-31(2)45(65)53-29-43(64)58(6)44-34-22-24-40(61)36(27-34)35-25-33(21-23-39(35)60)26-37(56-46(66)32(3)55-50(44)70)47(67)52-28-41(62)49(69)51-4/h21-25,27,31-32,37-38,41,44,59-62H,7-20,26,28-30H2,1-6H3,(H,51,69)(H,52,67)(H,53,65)(H,54,68)(H,55,70)(H,56,66)/t31-,32+,37+,38-,41?,44+/m1/s1. The number of aliphatic hydroxyl groups is 2. The van der Waals surface area contributed by atoms with Gasteiger partial charge < -0.3 is 62.1 Å². The number of carbonyl (C=O) groups is 8. The topological polar surface area (TPSA) is 296 Å². The van der Waals surface area contributed by atoms with Gasteiger partial charge in [-0.3, -0.25) is 38.4 Å². The normalized spacial score (nSPS) is 17.1. The quantitative estimate of drug-likeness (QED) is 0.0606. The zero-order valence-electron chi connectivity index (χ0n) is 41.6. The van der Waals surface area contributed by atoms with Crippen LogP contribution >= 0.6 is 0 Å². The van der Waals surface area contributed by atoms with Crippen LogP contribution in [0.1, 0.15) is 128 Å². The van der Waals surface area contributed by atoms with Crippen LogP contribution in [0.2, 0.25) is 0 Å². The van der Waals surface area contributed by atoms with Gasteiger partial charge in [0.05, 0.1) is 19.7 Å². The number of hydrogen-bond acceptors (Lipinski definition) is 12. The first-order valence-electron chi connectivity index (χ1n) is 24.5. The number of nitrogens with one attached hydrogen (secondary N) is 6. The Morgan fingerprint density at radius 2 is 1.31 bits per heavy atom. The largest absolute Gasteiger partial charge is 0.507 e. The predicted molar refractivity (Wildman–Crippen MR) is 262 cm³/mol. The van der Waals surface area contributed by atoms with Crippen molar-refractivity contribution in [3.8, 4) is 22.6 Å². The lowest BCUT2D eigenvalue weighted by Crippen LogP contribution is -2.56. The van der Waals surface area contributed by atoms with Gasteiger partial charge in [0, 0.05) is 45.1 Å². The van der Waals surface area contributed by atoms with Gasteiger partial charge in [-0.15, -0.1) is 0 Å². The van der Waals surface area contributed by atoms with Crippen molar-refractivity contribution < 1.29 is 58.8 Å². The van der Waals surface area contributed by atoms with Crippen molar-refractivity contribution in [2.24, 2.45) is 0 Å². The molecule has 1 aliphatic heterocycles. The van der Waals surface area contributed by atoms with E-state index in [1.807, 2.05) is 0 Å². The van der Waals surface area contributed by atoms with E-state index in [2.05, 4.69) is 38.8 Å². The zero-order chi connectivity index (χ0) is 51.9. The lowest BCUT2D eigenvalue weighted by molar-refractivity contribution is -0.142. The molecule has 20 nitrogen and oxygen atoms in total. The molecule has 4 bridgehead atoms. The minimum atomic E-state index is -1.59. The summed E-state index contributed by atoms with van der Waals surface area (Å²) in [5.41, 5.74) is 0.673. The minimum Gasteiger partial charge on any atom is -0.507 e. The van der Waals surface area contributed by atoms with E-state index in [0.29, 0.717) is 12.0 Å². The third-order valence-electron chi connectivity index (χ3n) is 12.6. The molecule has 0 fully saturated rings. The molecule has 6 atom stereocenters. The molecule has 3 rings (SSSR count). The number of aliphatic hydroxyl groups excluding tert-OH is 2. The van der Waals surface area contributed by atoms with Crippen molar-refractivity contribution in [2.45, 2.75) is 153 Å². The van der Waals surface area contributed by atoms with Crippen LogP contribution < -0.4 is 31.9 Å². The molecule has 0 spiro atoms. The minimum absolute atomic E-state index is 0.0466. The number of phenolic OH excluding ortho intramolecular Hbond substituents is 2. The third kappa shape index (κ3) is 17.9. The van der Waals surface area contributed by atoms with Crippen molar-refractivity contribution in [3.63, 3.8) is 0 Å². The summed E-state index contributed by atoms with van der Waals surface area (Å²) in [7, 11) is 3.99. The fourth-order valence-corrected chi connectivity index (χ4v) is 8.08. The molecule has 70 heavy (non-hydrogen) atoms. The lowest BCUT2D eigenvalue weighted by atomic mass is 9.93. The monoisotopic (exact) mass is 981 g/mol. The Morgan fingerprint density at radius 3 is 1.90 bits per heavy atom. The molecule has 2 aromatic carbocycles. The molecule has 0 saturated heterocycles. The maximum Gasteiger partial charge on any atom is 0.250 e. The first kappa shape index (κ1) is 58.0. The van der Waals surface area contributed by atoms with E-state index in [1.165, 1.54) is 129 Å². The van der Waals surface area contributed by atoms with E-state index >= 15 is 0 Å². The maximum atomic E-state index is 14.1. The number of amides is 8. The van der Waals surface area contributed by atoms with Crippen molar-refractivity contribution >= 4 is 47.3 Å². The predicted octanol–water partition coefficient (Wildman–Crippen LogP) is 1.95. The summed E-state index contributed by atoms with van der Waals surface area (Å²) >= 11 is 0. The first-order valence-corrected chi connectivity index (χ1v) is 24.5. The molecule has 388 valence electrons. The number of rotatable bonds is 26. The van der Waals surface area contributed by atoms with Gasteiger partial charge in [-0.1, -0.05) is 96.1 Å². The summed E-state index contributed by atoms with van der Waals surface area (Å²) in [6.07, 6.45) is 13.5. The third-order valence-corrected chi connectivity index (χ3v) is 12.6. The molecule has 0 aliphatic carbocycles. The van der Waals surface area contributed by atoms with Crippen LogP contribution in [0.25, 0.3) is 11.1 Å². The maximum absolute atomic E-state index is 14.1. The Hall–Kier alpha value is -6.28. The number of unbranched alkanes of at least 4 members (excludes halogenated alkanes) is 12. The zero-order valence-corrected chi connectivity index (χ0v) is 41.6. The summed E-state index contributed by atoms with van der Waals surface area (Å²) in [4.78, 5) is 108. The highest BCUT2D eigenvalue weighted by Gasteiger charge is 2.34. The van der Waals surface area contributed by atoms with Gasteiger partial charge >= 0.3 is 0 Å². The van der Waals surface area contributed by atoms with Gasteiger partial charge in [0.1, 0.15) is 47.8 Å². The van der Waals surface area contributed by atoms with Gasteiger partial charge in [0.25, 0.3) is 0 Å². The molecule has 0 radical (unpaired) electrons. The molecule has 20 heteroatoms. The number of phenols is 2. The van der Waals surface area contributed by atoms with Crippen molar-refractivity contribution in [1.82, 2.24) is 41.7 Å². The summed E-state index contributed by atoms with van der Waals surface area (Å²) in [5.74, 6) is -6.54. The highest BCUT2D eigenvalue weighted by atomic mass is 16.3. The highest BCUT2D eigenvalue weighted by molar-refractivity contribution is 5.97. The molecular formula is C50H76N8O12. The molecule has 2 aromatic rings. The van der Waals surface area contributed by atoms with Gasteiger partial charge in [-0.2, -0.15) is 0 Å². The summed E-state index contributed by atoms with van der Waals surface area (Å²) in [6.45, 7) is 3.06. The van der Waals surface area contributed by atoms with E-state index in [-0.39, 0.29) is 46.9 Å². The van der Waals surface area contributed by atoms with E-state index in [0.717, 1.165) is 29.1 Å². The Morgan fingerprint density at radius 1 is 0.743 bits per heavy atom. The molecule has 10 N–H and O–H groups in total. The molecule has 1 heterocycles. The van der Waals surface area contributed by atoms with Crippen LogP contribution in [0.15, 0.2) is 36.4 Å².